The number of ether oxygens (including phenoxy) is 2. The van der Waals surface area contributed by atoms with Crippen LogP contribution in [0, 0.1) is 0 Å². The summed E-state index contributed by atoms with van der Waals surface area (Å²) in [5.41, 5.74) is 1.21. The molecule has 1 aliphatic heterocycles. The van der Waals surface area contributed by atoms with Crippen LogP contribution in [0.5, 0.6) is 0 Å². The molecule has 1 aromatic rings. The summed E-state index contributed by atoms with van der Waals surface area (Å²) in [5.74, 6) is -0.457. The Labute approximate surface area is 113 Å². The average Bonchev–Trinajstić information content (AvgIpc) is 2.33. The molecule has 1 saturated heterocycles. The molecule has 0 aromatic heterocycles. The maximum Gasteiger partial charge on any atom is 0.162 e. The number of benzene rings is 1. The summed E-state index contributed by atoms with van der Waals surface area (Å²) in [4.78, 5) is 0. The van der Waals surface area contributed by atoms with Crippen LogP contribution < -0.4 is 5.32 Å². The quantitative estimate of drug-likeness (QED) is 0.914. The molecule has 4 heteroatoms. The Morgan fingerprint density at radius 2 is 1.78 bits per heavy atom. The largest absolute Gasteiger partial charge is 0.349 e. The van der Waals surface area contributed by atoms with Crippen LogP contribution in [-0.4, -0.2) is 25.0 Å². The van der Waals surface area contributed by atoms with Crippen molar-refractivity contribution in [2.45, 2.75) is 38.6 Å². The lowest BCUT2D eigenvalue weighted by atomic mass is 10.1. The van der Waals surface area contributed by atoms with Crippen molar-refractivity contribution >= 4 is 11.6 Å². The summed E-state index contributed by atoms with van der Waals surface area (Å²) in [6.45, 7) is 7.34. The Balaban J connectivity index is 1.88. The second-order valence-corrected chi connectivity index (χ2v) is 5.60. The molecular weight excluding hydrogens is 250 g/mol. The monoisotopic (exact) mass is 269 g/mol. The predicted octanol–water partition coefficient (Wildman–Crippen LogP) is 3.14. The van der Waals surface area contributed by atoms with Gasteiger partial charge in [-0.25, -0.2) is 0 Å². The maximum absolute atomic E-state index is 5.88. The van der Waals surface area contributed by atoms with E-state index in [2.05, 4.69) is 12.2 Å². The van der Waals surface area contributed by atoms with Crippen molar-refractivity contribution in [2.75, 3.05) is 13.2 Å². The Morgan fingerprint density at radius 3 is 2.33 bits per heavy atom. The molecule has 0 amide bonds. The lowest BCUT2D eigenvalue weighted by molar-refractivity contribution is -0.253. The standard InChI is InChI=1S/C14H20ClNO2/c1-10(11-4-6-12(15)7-5-11)16-13-8-17-14(2,3)18-9-13/h4-7,10,13,16H,8-9H2,1-3H3/t10-/m1/s1. The van der Waals surface area contributed by atoms with Crippen molar-refractivity contribution in [2.24, 2.45) is 0 Å². The Kier molecular flexibility index (Phi) is 4.28. The highest BCUT2D eigenvalue weighted by Gasteiger charge is 2.28. The predicted molar refractivity (Wildman–Crippen MR) is 72.8 cm³/mol. The molecule has 1 atom stereocenters. The second kappa shape index (κ2) is 5.57. The van der Waals surface area contributed by atoms with Crippen molar-refractivity contribution in [3.05, 3.63) is 34.9 Å². The molecule has 100 valence electrons. The molecule has 1 fully saturated rings. The van der Waals surface area contributed by atoms with Crippen LogP contribution in [0.2, 0.25) is 5.02 Å². The summed E-state index contributed by atoms with van der Waals surface area (Å²) in [6.07, 6.45) is 0. The molecule has 0 bridgehead atoms. The van der Waals surface area contributed by atoms with Gasteiger partial charge in [-0.05, 0) is 38.5 Å². The van der Waals surface area contributed by atoms with Gasteiger partial charge in [-0.3, -0.25) is 0 Å². The van der Waals surface area contributed by atoms with Gasteiger partial charge >= 0.3 is 0 Å². The Bertz CT molecular complexity index is 381. The number of hydrogen-bond acceptors (Lipinski definition) is 3. The molecule has 1 heterocycles. The van der Waals surface area contributed by atoms with E-state index in [-0.39, 0.29) is 12.1 Å². The molecule has 1 N–H and O–H groups in total. The van der Waals surface area contributed by atoms with Gasteiger partial charge in [0.15, 0.2) is 5.79 Å². The molecule has 0 unspecified atom stereocenters. The highest BCUT2D eigenvalue weighted by atomic mass is 35.5. The summed E-state index contributed by atoms with van der Waals surface area (Å²) in [7, 11) is 0. The van der Waals surface area contributed by atoms with E-state index in [1.807, 2.05) is 38.1 Å². The van der Waals surface area contributed by atoms with E-state index in [9.17, 15) is 0 Å². The van der Waals surface area contributed by atoms with Crippen LogP contribution in [0.25, 0.3) is 0 Å². The molecule has 1 aromatic carbocycles. The zero-order chi connectivity index (χ0) is 13.2. The third-order valence-corrected chi connectivity index (χ3v) is 3.37. The highest BCUT2D eigenvalue weighted by molar-refractivity contribution is 6.30. The van der Waals surface area contributed by atoms with Crippen LogP contribution in [0.15, 0.2) is 24.3 Å². The van der Waals surface area contributed by atoms with Crippen LogP contribution in [-0.2, 0) is 9.47 Å². The van der Waals surface area contributed by atoms with E-state index in [1.165, 1.54) is 5.56 Å². The van der Waals surface area contributed by atoms with E-state index in [0.29, 0.717) is 13.2 Å². The minimum atomic E-state index is -0.457. The van der Waals surface area contributed by atoms with E-state index in [1.54, 1.807) is 0 Å². The average molecular weight is 270 g/mol. The summed E-state index contributed by atoms with van der Waals surface area (Å²) < 4.78 is 11.3. The van der Waals surface area contributed by atoms with Gasteiger partial charge in [-0.1, -0.05) is 23.7 Å². The molecule has 0 spiro atoms. The molecule has 3 nitrogen and oxygen atoms in total. The van der Waals surface area contributed by atoms with Crippen LogP contribution in [0.3, 0.4) is 0 Å². The Morgan fingerprint density at radius 1 is 1.22 bits per heavy atom. The fourth-order valence-corrected chi connectivity index (χ4v) is 2.12. The number of nitrogens with one attached hydrogen (secondary N) is 1. The third kappa shape index (κ3) is 3.69. The van der Waals surface area contributed by atoms with Crippen molar-refractivity contribution in [1.82, 2.24) is 5.32 Å². The van der Waals surface area contributed by atoms with Crippen molar-refractivity contribution in [1.29, 1.82) is 0 Å². The molecule has 0 aliphatic carbocycles. The van der Waals surface area contributed by atoms with E-state index in [4.69, 9.17) is 21.1 Å². The van der Waals surface area contributed by atoms with Gasteiger partial charge < -0.3 is 14.8 Å². The van der Waals surface area contributed by atoms with E-state index >= 15 is 0 Å². The normalized spacial score (nSPS) is 21.8. The summed E-state index contributed by atoms with van der Waals surface area (Å²) in [5, 5.41) is 4.26. The number of halogens is 1. The van der Waals surface area contributed by atoms with Gasteiger partial charge in [-0.2, -0.15) is 0 Å². The minimum Gasteiger partial charge on any atom is -0.349 e. The van der Waals surface area contributed by atoms with Gasteiger partial charge in [-0.15, -0.1) is 0 Å². The van der Waals surface area contributed by atoms with Crippen LogP contribution >= 0.6 is 11.6 Å². The number of hydrogen-bond donors (Lipinski definition) is 1. The first-order valence-corrected chi connectivity index (χ1v) is 6.63. The molecule has 2 rings (SSSR count). The number of rotatable bonds is 3. The fraction of sp³-hybridized carbons (Fsp3) is 0.571. The first-order valence-electron chi connectivity index (χ1n) is 6.26. The molecule has 18 heavy (non-hydrogen) atoms. The van der Waals surface area contributed by atoms with Crippen LogP contribution in [0.4, 0.5) is 0 Å². The van der Waals surface area contributed by atoms with Gasteiger partial charge in [0.1, 0.15) is 0 Å². The van der Waals surface area contributed by atoms with Crippen molar-refractivity contribution in [3.8, 4) is 0 Å². The fourth-order valence-electron chi connectivity index (χ4n) is 1.99. The van der Waals surface area contributed by atoms with Gasteiger partial charge in [0.2, 0.25) is 0 Å². The topological polar surface area (TPSA) is 30.5 Å². The van der Waals surface area contributed by atoms with Gasteiger partial charge in [0.05, 0.1) is 19.3 Å². The van der Waals surface area contributed by atoms with Gasteiger partial charge in [0.25, 0.3) is 0 Å². The minimum absolute atomic E-state index is 0.226. The molecule has 0 saturated carbocycles. The Hall–Kier alpha value is -0.610. The molecule has 0 radical (unpaired) electrons. The smallest absolute Gasteiger partial charge is 0.162 e. The lowest BCUT2D eigenvalue weighted by Crippen LogP contribution is -2.49. The van der Waals surface area contributed by atoms with E-state index in [0.717, 1.165) is 5.02 Å². The first-order chi connectivity index (χ1) is 8.46. The van der Waals surface area contributed by atoms with E-state index < -0.39 is 5.79 Å². The second-order valence-electron chi connectivity index (χ2n) is 5.16. The lowest BCUT2D eigenvalue weighted by Gasteiger charge is -2.36. The highest BCUT2D eigenvalue weighted by Crippen LogP contribution is 2.20. The zero-order valence-electron chi connectivity index (χ0n) is 11.1. The van der Waals surface area contributed by atoms with Gasteiger partial charge in [0, 0.05) is 11.1 Å². The van der Waals surface area contributed by atoms with Crippen LogP contribution in [0.1, 0.15) is 32.4 Å². The molecule has 1 aliphatic rings. The summed E-state index contributed by atoms with van der Waals surface area (Å²) >= 11 is 5.88. The van der Waals surface area contributed by atoms with Crippen molar-refractivity contribution < 1.29 is 9.47 Å². The molecular formula is C14H20ClNO2. The third-order valence-electron chi connectivity index (χ3n) is 3.12. The summed E-state index contributed by atoms with van der Waals surface area (Å²) in [6, 6.07) is 8.37. The van der Waals surface area contributed by atoms with Crippen molar-refractivity contribution in [3.63, 3.8) is 0 Å². The maximum atomic E-state index is 5.88. The zero-order valence-corrected chi connectivity index (χ0v) is 11.8. The SMILES string of the molecule is C[C@@H](NC1COC(C)(C)OC1)c1ccc(Cl)cc1. The first kappa shape index (κ1) is 13.8.